The predicted octanol–water partition coefficient (Wildman–Crippen LogP) is 1.80. The number of benzene rings is 2. The summed E-state index contributed by atoms with van der Waals surface area (Å²) in [5.74, 6) is 0.381. The fraction of sp³-hybridized carbons (Fsp3) is 0.500. The van der Waals surface area contributed by atoms with Gasteiger partial charge in [-0.25, -0.2) is 0 Å². The van der Waals surface area contributed by atoms with E-state index in [4.69, 9.17) is 26.8 Å². The van der Waals surface area contributed by atoms with Crippen LogP contribution >= 0.6 is 11.6 Å². The number of aliphatic hydroxyl groups is 3. The molecule has 35 heavy (non-hydrogen) atoms. The van der Waals surface area contributed by atoms with Gasteiger partial charge in [0.25, 0.3) is 0 Å². The highest BCUT2D eigenvalue weighted by atomic mass is 35.5. The summed E-state index contributed by atoms with van der Waals surface area (Å²) >= 11 is 6.47. The molecule has 4 rings (SSSR count). The number of rotatable bonds is 8. The van der Waals surface area contributed by atoms with Gasteiger partial charge in [-0.1, -0.05) is 35.9 Å². The standard InChI is InChI=1S/C26H33ClN2O6/c1-2-34-18-8-5-15(6-9-18)12-17-13-16(7-10-19(17)27)25-24(32)23(31)22(30)21(35-25)14-29-11-3-4-20(29)26(28)33/h5-10,13,20-25,30-32H,2-4,11-12,14H2,1H3,(H2,28,33)/t20?,21-,22-,23+,24-,25+/m1/s1. The zero-order valence-corrected chi connectivity index (χ0v) is 20.5. The number of ether oxygens (including phenoxy) is 2. The Bertz CT molecular complexity index is 1020. The Morgan fingerprint density at radius 3 is 2.57 bits per heavy atom. The number of aliphatic hydroxyl groups excluding tert-OH is 3. The number of hydrogen-bond donors (Lipinski definition) is 4. The van der Waals surface area contributed by atoms with Crippen LogP contribution in [0.25, 0.3) is 0 Å². The second kappa shape index (κ2) is 11.2. The molecule has 2 heterocycles. The van der Waals surface area contributed by atoms with E-state index >= 15 is 0 Å². The minimum absolute atomic E-state index is 0.224. The van der Waals surface area contributed by atoms with Gasteiger partial charge in [-0.15, -0.1) is 0 Å². The Balaban J connectivity index is 1.53. The fourth-order valence-corrected chi connectivity index (χ4v) is 5.16. The van der Waals surface area contributed by atoms with Crippen LogP contribution in [-0.4, -0.2) is 76.3 Å². The second-order valence-corrected chi connectivity index (χ2v) is 9.63. The average molecular weight is 505 g/mol. The quantitative estimate of drug-likeness (QED) is 0.432. The van der Waals surface area contributed by atoms with E-state index in [-0.39, 0.29) is 6.54 Å². The van der Waals surface area contributed by atoms with Crippen LogP contribution in [0.5, 0.6) is 5.75 Å². The predicted molar refractivity (Wildman–Crippen MR) is 131 cm³/mol. The van der Waals surface area contributed by atoms with Crippen LogP contribution in [0.4, 0.5) is 0 Å². The van der Waals surface area contributed by atoms with E-state index < -0.39 is 42.5 Å². The summed E-state index contributed by atoms with van der Waals surface area (Å²) in [6.07, 6.45) is -3.68. The maximum absolute atomic E-state index is 11.8. The van der Waals surface area contributed by atoms with E-state index in [1.807, 2.05) is 42.2 Å². The molecule has 0 bridgehead atoms. The third-order valence-corrected chi connectivity index (χ3v) is 7.21. The van der Waals surface area contributed by atoms with Crippen molar-refractivity contribution in [3.63, 3.8) is 0 Å². The summed E-state index contributed by atoms with van der Waals surface area (Å²) in [5, 5.41) is 32.5. The van der Waals surface area contributed by atoms with Crippen molar-refractivity contribution in [1.29, 1.82) is 0 Å². The van der Waals surface area contributed by atoms with Crippen molar-refractivity contribution in [1.82, 2.24) is 4.90 Å². The molecular formula is C26H33ClN2O6. The monoisotopic (exact) mass is 504 g/mol. The number of nitrogens with two attached hydrogens (primary N) is 1. The molecule has 190 valence electrons. The highest BCUT2D eigenvalue weighted by Crippen LogP contribution is 2.35. The molecule has 2 aromatic rings. The van der Waals surface area contributed by atoms with Gasteiger partial charge in [-0.2, -0.15) is 0 Å². The van der Waals surface area contributed by atoms with Gasteiger partial charge in [-0.05, 0) is 67.6 Å². The van der Waals surface area contributed by atoms with Crippen LogP contribution in [0.15, 0.2) is 42.5 Å². The van der Waals surface area contributed by atoms with Gasteiger partial charge < -0.3 is 30.5 Å². The number of amides is 1. The van der Waals surface area contributed by atoms with E-state index in [0.29, 0.717) is 36.6 Å². The van der Waals surface area contributed by atoms with Crippen LogP contribution in [0.3, 0.4) is 0 Å². The molecular weight excluding hydrogens is 472 g/mol. The number of nitrogens with zero attached hydrogens (tertiary/aromatic N) is 1. The van der Waals surface area contributed by atoms with E-state index in [1.165, 1.54) is 0 Å². The first-order valence-corrected chi connectivity index (χ1v) is 12.4. The zero-order valence-electron chi connectivity index (χ0n) is 19.7. The van der Waals surface area contributed by atoms with Crippen LogP contribution < -0.4 is 10.5 Å². The van der Waals surface area contributed by atoms with Gasteiger partial charge in [0.1, 0.15) is 30.2 Å². The lowest BCUT2D eigenvalue weighted by Crippen LogP contribution is -2.58. The molecule has 0 spiro atoms. The molecule has 0 aliphatic carbocycles. The largest absolute Gasteiger partial charge is 0.494 e. The number of carbonyl (C=O) groups is 1. The van der Waals surface area contributed by atoms with Crippen molar-refractivity contribution >= 4 is 17.5 Å². The van der Waals surface area contributed by atoms with Crippen LogP contribution in [0.1, 0.15) is 42.6 Å². The Morgan fingerprint density at radius 2 is 1.89 bits per heavy atom. The molecule has 2 aromatic carbocycles. The maximum Gasteiger partial charge on any atom is 0.234 e. The molecule has 2 fully saturated rings. The minimum atomic E-state index is -1.40. The summed E-state index contributed by atoms with van der Waals surface area (Å²) in [6.45, 7) is 3.40. The average Bonchev–Trinajstić information content (AvgIpc) is 3.31. The highest BCUT2D eigenvalue weighted by Gasteiger charge is 2.46. The van der Waals surface area contributed by atoms with E-state index in [2.05, 4.69) is 0 Å². The molecule has 1 unspecified atom stereocenters. The molecule has 2 aliphatic heterocycles. The van der Waals surface area contributed by atoms with Crippen molar-refractivity contribution in [2.75, 3.05) is 19.7 Å². The number of likely N-dealkylation sites (tertiary alicyclic amines) is 1. The van der Waals surface area contributed by atoms with Crippen LogP contribution in [0, 0.1) is 0 Å². The lowest BCUT2D eigenvalue weighted by atomic mass is 9.89. The van der Waals surface area contributed by atoms with Crippen molar-refractivity contribution in [3.05, 3.63) is 64.2 Å². The Kier molecular flexibility index (Phi) is 8.31. The van der Waals surface area contributed by atoms with Crippen LogP contribution in [0.2, 0.25) is 5.02 Å². The van der Waals surface area contributed by atoms with Gasteiger partial charge in [-0.3, -0.25) is 9.69 Å². The van der Waals surface area contributed by atoms with Gasteiger partial charge in [0.05, 0.1) is 18.8 Å². The summed E-state index contributed by atoms with van der Waals surface area (Å²) < 4.78 is 11.6. The molecule has 6 atom stereocenters. The smallest absolute Gasteiger partial charge is 0.234 e. The molecule has 0 radical (unpaired) electrons. The Hall–Kier alpha value is -2.20. The minimum Gasteiger partial charge on any atom is -0.494 e. The SMILES string of the molecule is CCOc1ccc(Cc2cc([C@@H]3O[C@H](CN4CCCC4C(N)=O)[C@@H](O)[C@H](O)[C@H]3O)ccc2Cl)cc1. The molecule has 8 nitrogen and oxygen atoms in total. The van der Waals surface area contributed by atoms with E-state index in [1.54, 1.807) is 12.1 Å². The third kappa shape index (κ3) is 5.80. The fourth-order valence-electron chi connectivity index (χ4n) is 4.97. The van der Waals surface area contributed by atoms with Crippen molar-refractivity contribution in [3.8, 4) is 5.75 Å². The molecule has 9 heteroatoms. The summed E-state index contributed by atoms with van der Waals surface area (Å²) in [7, 11) is 0. The molecule has 5 N–H and O–H groups in total. The molecule has 2 aliphatic rings. The normalized spacial score (nSPS) is 29.3. The third-order valence-electron chi connectivity index (χ3n) is 6.85. The van der Waals surface area contributed by atoms with E-state index in [0.717, 1.165) is 23.3 Å². The molecule has 1 amide bonds. The topological polar surface area (TPSA) is 125 Å². The van der Waals surface area contributed by atoms with Crippen molar-refractivity contribution in [2.24, 2.45) is 5.73 Å². The summed E-state index contributed by atoms with van der Waals surface area (Å²) in [6, 6.07) is 12.7. The first-order chi connectivity index (χ1) is 16.8. The maximum atomic E-state index is 11.8. The number of primary amides is 1. The lowest BCUT2D eigenvalue weighted by Gasteiger charge is -2.42. The second-order valence-electron chi connectivity index (χ2n) is 9.23. The van der Waals surface area contributed by atoms with Gasteiger partial charge >= 0.3 is 0 Å². The van der Waals surface area contributed by atoms with Gasteiger partial charge in [0.2, 0.25) is 5.91 Å². The van der Waals surface area contributed by atoms with Crippen LogP contribution in [-0.2, 0) is 16.0 Å². The van der Waals surface area contributed by atoms with E-state index in [9.17, 15) is 20.1 Å². The zero-order chi connectivity index (χ0) is 25.1. The first-order valence-electron chi connectivity index (χ1n) is 12.0. The van der Waals surface area contributed by atoms with Crippen molar-refractivity contribution in [2.45, 2.75) is 62.7 Å². The summed E-state index contributed by atoms with van der Waals surface area (Å²) in [4.78, 5) is 13.6. The molecule has 2 saturated heterocycles. The molecule has 0 aromatic heterocycles. The molecule has 0 saturated carbocycles. The highest BCUT2D eigenvalue weighted by molar-refractivity contribution is 6.31. The van der Waals surface area contributed by atoms with Gasteiger partial charge in [0, 0.05) is 11.6 Å². The lowest BCUT2D eigenvalue weighted by molar-refractivity contribution is -0.228. The number of carbonyl (C=O) groups excluding carboxylic acids is 1. The number of halogens is 1. The van der Waals surface area contributed by atoms with Crippen molar-refractivity contribution < 1.29 is 29.6 Å². The Morgan fingerprint density at radius 1 is 1.14 bits per heavy atom. The first kappa shape index (κ1) is 25.9. The number of hydrogen-bond acceptors (Lipinski definition) is 7. The summed E-state index contributed by atoms with van der Waals surface area (Å²) in [5.41, 5.74) is 8.05. The Labute approximate surface area is 210 Å². The van der Waals surface area contributed by atoms with Gasteiger partial charge in [0.15, 0.2) is 0 Å².